The van der Waals surface area contributed by atoms with Crippen LogP contribution in [0.3, 0.4) is 0 Å². The van der Waals surface area contributed by atoms with Gasteiger partial charge < -0.3 is 9.47 Å². The van der Waals surface area contributed by atoms with Gasteiger partial charge in [0.15, 0.2) is 11.5 Å². The fourth-order valence-electron chi connectivity index (χ4n) is 1.06. The summed E-state index contributed by atoms with van der Waals surface area (Å²) in [6.07, 6.45) is 0. The molecule has 1 aliphatic rings. The van der Waals surface area contributed by atoms with Crippen LogP contribution < -0.4 is 9.47 Å². The van der Waals surface area contributed by atoms with E-state index in [4.69, 9.17) is 21.1 Å². The van der Waals surface area contributed by atoms with Crippen LogP contribution in [0.4, 0.5) is 0 Å². The van der Waals surface area contributed by atoms with E-state index in [0.717, 1.165) is 22.4 Å². The molecule has 0 aliphatic carbocycles. The van der Waals surface area contributed by atoms with Crippen LogP contribution in [0.15, 0.2) is 12.1 Å². The quantitative estimate of drug-likeness (QED) is 0.713. The first kappa shape index (κ1) is 8.20. The van der Waals surface area contributed by atoms with Crippen molar-refractivity contribution in [2.24, 2.45) is 0 Å². The lowest BCUT2D eigenvalue weighted by Gasteiger charge is -2.01. The molecule has 0 saturated carbocycles. The predicted molar refractivity (Wildman–Crippen MR) is 50.2 cm³/mol. The Morgan fingerprint density at radius 2 is 2.00 bits per heavy atom. The summed E-state index contributed by atoms with van der Waals surface area (Å²) < 4.78 is 10.4. The second-order valence-electron chi connectivity index (χ2n) is 2.43. The molecule has 0 unspecified atom stereocenters. The Balaban J connectivity index is 2.49. The van der Waals surface area contributed by atoms with Crippen molar-refractivity contribution in [1.29, 1.82) is 0 Å². The molecule has 0 atom stereocenters. The Bertz CT molecular complexity index is 313. The van der Waals surface area contributed by atoms with Crippen molar-refractivity contribution in [3.05, 3.63) is 22.7 Å². The first-order valence-electron chi connectivity index (χ1n) is 3.45. The third kappa shape index (κ3) is 1.27. The van der Waals surface area contributed by atoms with Gasteiger partial charge in [0.2, 0.25) is 6.79 Å². The van der Waals surface area contributed by atoms with Crippen molar-refractivity contribution in [1.82, 2.24) is 0 Å². The maximum atomic E-state index is 5.94. The number of fused-ring (bicyclic) bond motifs is 1. The van der Waals surface area contributed by atoms with E-state index < -0.39 is 0 Å². The van der Waals surface area contributed by atoms with Gasteiger partial charge in [0.1, 0.15) is 0 Å². The molecule has 64 valence electrons. The third-order valence-corrected chi connectivity index (χ3v) is 2.64. The van der Waals surface area contributed by atoms with Crippen LogP contribution in [0.1, 0.15) is 5.56 Å². The number of halogens is 2. The number of ether oxygens (including phenoxy) is 2. The first-order chi connectivity index (χ1) is 5.81. The highest BCUT2D eigenvalue weighted by Gasteiger charge is 2.15. The maximum Gasteiger partial charge on any atom is 0.231 e. The highest BCUT2D eigenvalue weighted by Crippen LogP contribution is 2.37. The van der Waals surface area contributed by atoms with E-state index in [9.17, 15) is 0 Å². The van der Waals surface area contributed by atoms with Crippen LogP contribution in [0, 0.1) is 0 Å². The molecule has 1 aromatic carbocycles. The van der Waals surface area contributed by atoms with Gasteiger partial charge in [-0.05, 0) is 11.6 Å². The number of hydrogen-bond donors (Lipinski definition) is 0. The molecular weight excluding hydrogens is 243 g/mol. The van der Waals surface area contributed by atoms with Crippen LogP contribution in [-0.2, 0) is 5.33 Å². The minimum absolute atomic E-state index is 0.289. The number of rotatable bonds is 1. The zero-order valence-electron chi connectivity index (χ0n) is 6.14. The molecule has 2 rings (SSSR count). The summed E-state index contributed by atoms with van der Waals surface area (Å²) in [7, 11) is 0. The predicted octanol–water partition coefficient (Wildman–Crippen LogP) is 2.96. The number of alkyl halides is 1. The van der Waals surface area contributed by atoms with Gasteiger partial charge >= 0.3 is 0 Å². The average molecular weight is 249 g/mol. The van der Waals surface area contributed by atoms with E-state index in [1.165, 1.54) is 0 Å². The molecule has 0 radical (unpaired) electrons. The van der Waals surface area contributed by atoms with Crippen LogP contribution in [0.25, 0.3) is 0 Å². The van der Waals surface area contributed by atoms with E-state index in [1.54, 1.807) is 6.07 Å². The van der Waals surface area contributed by atoms with Crippen molar-refractivity contribution in [2.45, 2.75) is 5.33 Å². The molecule has 0 spiro atoms. The van der Waals surface area contributed by atoms with Gasteiger partial charge in [0.05, 0.1) is 0 Å². The minimum Gasteiger partial charge on any atom is -0.454 e. The summed E-state index contributed by atoms with van der Waals surface area (Å²) in [6.45, 7) is 0.289. The van der Waals surface area contributed by atoms with Crippen molar-refractivity contribution in [3.8, 4) is 11.5 Å². The number of hydrogen-bond acceptors (Lipinski definition) is 2. The largest absolute Gasteiger partial charge is 0.454 e. The summed E-state index contributed by atoms with van der Waals surface area (Å²) >= 11 is 9.28. The van der Waals surface area contributed by atoms with Gasteiger partial charge in [-0.25, -0.2) is 0 Å². The summed E-state index contributed by atoms with van der Waals surface area (Å²) in [5.41, 5.74) is 1.01. The smallest absolute Gasteiger partial charge is 0.231 e. The third-order valence-electron chi connectivity index (χ3n) is 1.69. The Labute approximate surface area is 83.6 Å². The van der Waals surface area contributed by atoms with E-state index in [1.807, 2.05) is 6.07 Å². The van der Waals surface area contributed by atoms with Crippen LogP contribution in [0.2, 0.25) is 5.02 Å². The Morgan fingerprint density at radius 1 is 1.33 bits per heavy atom. The van der Waals surface area contributed by atoms with E-state index in [2.05, 4.69) is 15.9 Å². The standard InChI is InChI=1S/C8H6BrClO2/c9-3-5-1-7-8(2-6(5)10)12-4-11-7/h1-2H,3-4H2. The lowest BCUT2D eigenvalue weighted by molar-refractivity contribution is 0.174. The van der Waals surface area contributed by atoms with Crippen molar-refractivity contribution >= 4 is 27.5 Å². The Morgan fingerprint density at radius 3 is 2.67 bits per heavy atom. The summed E-state index contributed by atoms with van der Waals surface area (Å²) in [4.78, 5) is 0. The second kappa shape index (κ2) is 3.15. The van der Waals surface area contributed by atoms with Gasteiger partial charge in [-0.15, -0.1) is 0 Å². The van der Waals surface area contributed by atoms with E-state index in [0.29, 0.717) is 5.02 Å². The van der Waals surface area contributed by atoms with E-state index in [-0.39, 0.29) is 6.79 Å². The Kier molecular flexibility index (Phi) is 2.15. The highest BCUT2D eigenvalue weighted by molar-refractivity contribution is 9.08. The lowest BCUT2D eigenvalue weighted by Crippen LogP contribution is -1.92. The molecular formula is C8H6BrClO2. The first-order valence-corrected chi connectivity index (χ1v) is 4.95. The molecule has 0 amide bonds. The summed E-state index contributed by atoms with van der Waals surface area (Å²) in [5.74, 6) is 1.50. The molecule has 1 heterocycles. The zero-order valence-corrected chi connectivity index (χ0v) is 8.48. The number of benzene rings is 1. The molecule has 1 aliphatic heterocycles. The molecule has 2 nitrogen and oxygen atoms in total. The normalized spacial score (nSPS) is 13.5. The van der Waals surface area contributed by atoms with E-state index >= 15 is 0 Å². The fourth-order valence-corrected chi connectivity index (χ4v) is 1.91. The monoisotopic (exact) mass is 248 g/mol. The van der Waals surface area contributed by atoms with Gasteiger partial charge in [0.25, 0.3) is 0 Å². The van der Waals surface area contributed by atoms with Gasteiger partial charge in [0, 0.05) is 16.4 Å². The topological polar surface area (TPSA) is 18.5 Å². The van der Waals surface area contributed by atoms with Gasteiger partial charge in [-0.1, -0.05) is 27.5 Å². The Hall–Kier alpha value is -0.410. The molecule has 0 saturated heterocycles. The van der Waals surface area contributed by atoms with Crippen LogP contribution in [0.5, 0.6) is 11.5 Å². The van der Waals surface area contributed by atoms with Gasteiger partial charge in [-0.2, -0.15) is 0 Å². The summed E-state index contributed by atoms with van der Waals surface area (Å²) in [6, 6.07) is 3.67. The van der Waals surface area contributed by atoms with Crippen molar-refractivity contribution < 1.29 is 9.47 Å². The molecule has 12 heavy (non-hydrogen) atoms. The van der Waals surface area contributed by atoms with Crippen molar-refractivity contribution in [2.75, 3.05) is 6.79 Å². The molecule has 0 fully saturated rings. The summed E-state index contributed by atoms with van der Waals surface area (Å²) in [5, 5.41) is 1.43. The highest BCUT2D eigenvalue weighted by atomic mass is 79.9. The van der Waals surface area contributed by atoms with Crippen LogP contribution >= 0.6 is 27.5 Å². The SMILES string of the molecule is Clc1cc2c(cc1CBr)OCO2. The molecule has 4 heteroatoms. The second-order valence-corrected chi connectivity index (χ2v) is 3.40. The zero-order chi connectivity index (χ0) is 8.55. The van der Waals surface area contributed by atoms with Crippen molar-refractivity contribution in [3.63, 3.8) is 0 Å². The molecule has 0 N–H and O–H groups in total. The molecule has 0 aromatic heterocycles. The van der Waals surface area contributed by atoms with Gasteiger partial charge in [-0.3, -0.25) is 0 Å². The van der Waals surface area contributed by atoms with Crippen LogP contribution in [-0.4, -0.2) is 6.79 Å². The minimum atomic E-state index is 0.289. The molecule has 1 aromatic rings. The molecule has 0 bridgehead atoms. The average Bonchev–Trinajstić information content (AvgIpc) is 2.49. The fraction of sp³-hybridized carbons (Fsp3) is 0.250. The lowest BCUT2D eigenvalue weighted by atomic mass is 10.2. The maximum absolute atomic E-state index is 5.94.